The normalized spacial score (nSPS) is 10.6. The lowest BCUT2D eigenvalue weighted by atomic mass is 10.2. The molecule has 0 unspecified atom stereocenters. The molecule has 0 atom stereocenters. The van der Waals surface area contributed by atoms with Gasteiger partial charge < -0.3 is 10.1 Å². The first kappa shape index (κ1) is 18.9. The topological polar surface area (TPSA) is 55.4 Å². The second-order valence-electron chi connectivity index (χ2n) is 4.82. The van der Waals surface area contributed by atoms with Gasteiger partial charge in [0.1, 0.15) is 5.82 Å². The van der Waals surface area contributed by atoms with Crippen molar-refractivity contribution >= 4 is 23.6 Å². The van der Waals surface area contributed by atoms with Crippen LogP contribution in [0.3, 0.4) is 0 Å². The minimum Gasteiger partial charge on any atom is -0.452 e. The number of amides is 1. The molecule has 0 heterocycles. The van der Waals surface area contributed by atoms with E-state index in [0.717, 1.165) is 0 Å². The minimum atomic E-state index is -2.68. The molecule has 0 radical (unpaired) electrons. The quantitative estimate of drug-likeness (QED) is 0.598. The lowest BCUT2D eigenvalue weighted by molar-refractivity contribution is -0.124. The highest BCUT2D eigenvalue weighted by atomic mass is 32.2. The van der Waals surface area contributed by atoms with Crippen molar-refractivity contribution in [3.63, 3.8) is 0 Å². The summed E-state index contributed by atoms with van der Waals surface area (Å²) in [5, 5.41) is 2.41. The molecule has 2 aromatic carbocycles. The van der Waals surface area contributed by atoms with E-state index in [-0.39, 0.29) is 28.8 Å². The summed E-state index contributed by atoms with van der Waals surface area (Å²) in [6.45, 7) is -0.651. The lowest BCUT2D eigenvalue weighted by Crippen LogP contribution is -2.28. The van der Waals surface area contributed by atoms with Gasteiger partial charge in [0.15, 0.2) is 6.61 Å². The van der Waals surface area contributed by atoms with Gasteiger partial charge in [-0.25, -0.2) is 9.18 Å². The number of ether oxygens (including phenoxy) is 1. The largest absolute Gasteiger partial charge is 0.452 e. The predicted molar refractivity (Wildman–Crippen MR) is 86.8 cm³/mol. The zero-order valence-corrected chi connectivity index (χ0v) is 13.7. The van der Waals surface area contributed by atoms with Crippen LogP contribution < -0.4 is 5.32 Å². The Labute approximate surface area is 146 Å². The van der Waals surface area contributed by atoms with Gasteiger partial charge in [-0.05, 0) is 18.2 Å². The van der Waals surface area contributed by atoms with Gasteiger partial charge in [-0.15, -0.1) is 0 Å². The number of nitrogens with one attached hydrogen (secondary N) is 1. The van der Waals surface area contributed by atoms with Crippen LogP contribution in [-0.2, 0) is 16.1 Å². The van der Waals surface area contributed by atoms with Crippen LogP contribution in [0, 0.1) is 5.82 Å². The standard InChI is InChI=1S/C17H14F3NO3S/c18-13-7-3-1-5-11(13)9-21-15(22)10-24-16(23)12-6-2-4-8-14(12)25-17(19)20/h1-8,17H,9-10H2,(H,21,22). The molecule has 0 saturated heterocycles. The van der Waals surface area contributed by atoms with E-state index in [1.165, 1.54) is 42.5 Å². The maximum atomic E-state index is 13.4. The van der Waals surface area contributed by atoms with Crippen molar-refractivity contribution in [2.75, 3.05) is 6.61 Å². The first-order chi connectivity index (χ1) is 12.0. The summed E-state index contributed by atoms with van der Waals surface area (Å²) in [5.74, 6) is -4.66. The average Bonchev–Trinajstić information content (AvgIpc) is 2.59. The number of benzene rings is 2. The Balaban J connectivity index is 1.87. The Kier molecular flexibility index (Phi) is 6.88. The SMILES string of the molecule is O=C(COC(=O)c1ccccc1SC(F)F)NCc1ccccc1F. The molecule has 0 aromatic heterocycles. The molecule has 1 amide bonds. The molecule has 0 bridgehead atoms. The molecule has 0 aliphatic rings. The number of esters is 1. The molecule has 0 saturated carbocycles. The van der Waals surface area contributed by atoms with Gasteiger partial charge in [-0.3, -0.25) is 4.79 Å². The third-order valence-corrected chi connectivity index (χ3v) is 3.88. The van der Waals surface area contributed by atoms with Crippen molar-refractivity contribution in [2.45, 2.75) is 17.2 Å². The second kappa shape index (κ2) is 9.12. The number of halogens is 3. The van der Waals surface area contributed by atoms with Crippen molar-refractivity contribution in [3.8, 4) is 0 Å². The molecule has 0 spiro atoms. The van der Waals surface area contributed by atoms with Crippen molar-refractivity contribution < 1.29 is 27.5 Å². The van der Waals surface area contributed by atoms with Crippen LogP contribution in [0.25, 0.3) is 0 Å². The number of carbonyl (C=O) groups excluding carboxylic acids is 2. The zero-order chi connectivity index (χ0) is 18.2. The van der Waals surface area contributed by atoms with Crippen LogP contribution in [0.5, 0.6) is 0 Å². The van der Waals surface area contributed by atoms with Crippen LogP contribution in [0.15, 0.2) is 53.4 Å². The van der Waals surface area contributed by atoms with Gasteiger partial charge >= 0.3 is 5.97 Å². The van der Waals surface area contributed by atoms with Crippen LogP contribution in [-0.4, -0.2) is 24.2 Å². The van der Waals surface area contributed by atoms with Crippen LogP contribution >= 0.6 is 11.8 Å². The summed E-state index contributed by atoms with van der Waals surface area (Å²) in [6.07, 6.45) is 0. The van der Waals surface area contributed by atoms with E-state index in [0.29, 0.717) is 5.56 Å². The maximum absolute atomic E-state index is 13.4. The molecule has 132 valence electrons. The molecule has 2 rings (SSSR count). The fourth-order valence-corrected chi connectivity index (χ4v) is 2.56. The fourth-order valence-electron chi connectivity index (χ4n) is 1.93. The van der Waals surface area contributed by atoms with Gasteiger partial charge in [-0.2, -0.15) is 8.78 Å². The summed E-state index contributed by atoms with van der Waals surface area (Å²) < 4.78 is 43.2. The third-order valence-electron chi connectivity index (χ3n) is 3.09. The number of hydrogen-bond donors (Lipinski definition) is 1. The highest BCUT2D eigenvalue weighted by molar-refractivity contribution is 7.99. The van der Waals surface area contributed by atoms with E-state index < -0.39 is 30.1 Å². The predicted octanol–water partition coefficient (Wildman–Crippen LogP) is 3.61. The lowest BCUT2D eigenvalue weighted by Gasteiger charge is -2.09. The highest BCUT2D eigenvalue weighted by Gasteiger charge is 2.17. The van der Waals surface area contributed by atoms with Gasteiger partial charge in [0.2, 0.25) is 0 Å². The Bertz CT molecular complexity index is 755. The summed E-state index contributed by atoms with van der Waals surface area (Å²) in [7, 11) is 0. The second-order valence-corrected chi connectivity index (χ2v) is 5.85. The van der Waals surface area contributed by atoms with E-state index in [1.807, 2.05) is 0 Å². The summed E-state index contributed by atoms with van der Waals surface area (Å²) in [4.78, 5) is 23.7. The van der Waals surface area contributed by atoms with E-state index in [9.17, 15) is 22.8 Å². The average molecular weight is 369 g/mol. The number of hydrogen-bond acceptors (Lipinski definition) is 4. The molecular formula is C17H14F3NO3S. The Morgan fingerprint density at radius 1 is 1.08 bits per heavy atom. The van der Waals surface area contributed by atoms with Crippen LogP contribution in [0.1, 0.15) is 15.9 Å². The number of rotatable bonds is 7. The molecule has 25 heavy (non-hydrogen) atoms. The maximum Gasteiger partial charge on any atom is 0.339 e. The van der Waals surface area contributed by atoms with Crippen LogP contribution in [0.2, 0.25) is 0 Å². The highest BCUT2D eigenvalue weighted by Crippen LogP contribution is 2.28. The molecule has 4 nitrogen and oxygen atoms in total. The summed E-state index contributed by atoms with van der Waals surface area (Å²) in [5.41, 5.74) is 0.246. The van der Waals surface area contributed by atoms with Gasteiger partial charge in [0.25, 0.3) is 11.7 Å². The fraction of sp³-hybridized carbons (Fsp3) is 0.176. The first-order valence-corrected chi connectivity index (χ1v) is 8.06. The Hall–Kier alpha value is -2.48. The number of carbonyl (C=O) groups is 2. The monoisotopic (exact) mass is 369 g/mol. The summed E-state index contributed by atoms with van der Waals surface area (Å²) in [6, 6.07) is 11.7. The first-order valence-electron chi connectivity index (χ1n) is 7.18. The van der Waals surface area contributed by atoms with Crippen LogP contribution in [0.4, 0.5) is 13.2 Å². The molecular weight excluding hydrogens is 355 g/mol. The molecule has 8 heteroatoms. The van der Waals surface area contributed by atoms with Crippen molar-refractivity contribution in [1.82, 2.24) is 5.32 Å². The van der Waals surface area contributed by atoms with E-state index in [2.05, 4.69) is 5.32 Å². The van der Waals surface area contributed by atoms with E-state index >= 15 is 0 Å². The molecule has 0 aliphatic carbocycles. The molecule has 0 aliphatic heterocycles. The Morgan fingerprint density at radius 3 is 2.48 bits per heavy atom. The van der Waals surface area contributed by atoms with Gasteiger partial charge in [0, 0.05) is 17.0 Å². The van der Waals surface area contributed by atoms with E-state index in [4.69, 9.17) is 4.74 Å². The Morgan fingerprint density at radius 2 is 1.76 bits per heavy atom. The third kappa shape index (κ3) is 5.82. The van der Waals surface area contributed by atoms with Crippen molar-refractivity contribution in [1.29, 1.82) is 0 Å². The summed E-state index contributed by atoms with van der Waals surface area (Å²) >= 11 is 0.220. The smallest absolute Gasteiger partial charge is 0.339 e. The van der Waals surface area contributed by atoms with Gasteiger partial charge in [-0.1, -0.05) is 42.1 Å². The van der Waals surface area contributed by atoms with Crippen molar-refractivity contribution in [3.05, 3.63) is 65.5 Å². The van der Waals surface area contributed by atoms with Gasteiger partial charge in [0.05, 0.1) is 5.56 Å². The van der Waals surface area contributed by atoms with Crippen molar-refractivity contribution in [2.24, 2.45) is 0 Å². The number of thioether (sulfide) groups is 1. The molecule has 2 aromatic rings. The molecule has 0 fully saturated rings. The number of alkyl halides is 2. The minimum absolute atomic E-state index is 0.0466. The molecule has 1 N–H and O–H groups in total. The van der Waals surface area contributed by atoms with E-state index in [1.54, 1.807) is 6.07 Å². The zero-order valence-electron chi connectivity index (χ0n) is 12.9.